The first-order valence-electron chi connectivity index (χ1n) is 7.38. The van der Waals surface area contributed by atoms with Gasteiger partial charge in [-0.25, -0.2) is 0 Å². The number of morpholine rings is 1. The van der Waals surface area contributed by atoms with Crippen LogP contribution >= 0.6 is 0 Å². The number of likely N-dealkylation sites (N-methyl/N-ethyl adjacent to an activating group) is 1. The van der Waals surface area contributed by atoms with Crippen LogP contribution in [-0.4, -0.2) is 75.4 Å². The van der Waals surface area contributed by atoms with Crippen molar-refractivity contribution in [2.24, 2.45) is 5.92 Å². The van der Waals surface area contributed by atoms with Gasteiger partial charge in [-0.15, -0.1) is 0 Å². The maximum Gasteiger partial charge on any atom is 0.0852 e. The molecule has 2 heterocycles. The van der Waals surface area contributed by atoms with E-state index >= 15 is 0 Å². The summed E-state index contributed by atoms with van der Waals surface area (Å²) in [5.74, 6) is 0.866. The Morgan fingerprint density at radius 2 is 2.11 bits per heavy atom. The Balaban J connectivity index is 1.74. The maximum absolute atomic E-state index is 5.85. The Morgan fingerprint density at radius 3 is 2.72 bits per heavy atom. The van der Waals surface area contributed by atoms with Crippen LogP contribution in [0.2, 0.25) is 0 Å². The molecular weight excluding hydrogens is 226 g/mol. The molecule has 1 N–H and O–H groups in total. The Bertz CT molecular complexity index is 235. The van der Waals surface area contributed by atoms with Crippen LogP contribution in [0.3, 0.4) is 0 Å². The third-order valence-electron chi connectivity index (χ3n) is 4.57. The highest BCUT2D eigenvalue weighted by molar-refractivity contribution is 4.81. The molecule has 0 spiro atoms. The molecule has 0 aliphatic carbocycles. The normalized spacial score (nSPS) is 29.7. The number of piperidine rings is 1. The Labute approximate surface area is 112 Å². The summed E-state index contributed by atoms with van der Waals surface area (Å²) < 4.78 is 5.85. The number of likely N-dealkylation sites (tertiary alicyclic amines) is 1. The van der Waals surface area contributed by atoms with Crippen molar-refractivity contribution in [3.05, 3.63) is 0 Å². The lowest BCUT2D eigenvalue weighted by Gasteiger charge is -2.38. The van der Waals surface area contributed by atoms with Gasteiger partial charge in [0.25, 0.3) is 0 Å². The van der Waals surface area contributed by atoms with E-state index in [0.29, 0.717) is 12.1 Å². The molecule has 2 atom stereocenters. The van der Waals surface area contributed by atoms with Crippen LogP contribution in [0, 0.1) is 5.92 Å². The molecule has 18 heavy (non-hydrogen) atoms. The SMILES string of the molecule is CC(C1CNCCO1)N(C)CC1CCN(C)CC1. The molecule has 2 saturated heterocycles. The zero-order chi connectivity index (χ0) is 13.0. The average molecular weight is 255 g/mol. The van der Waals surface area contributed by atoms with E-state index in [9.17, 15) is 0 Å². The van der Waals surface area contributed by atoms with Crippen LogP contribution in [0.5, 0.6) is 0 Å². The van der Waals surface area contributed by atoms with Gasteiger partial charge in [0.05, 0.1) is 12.7 Å². The van der Waals surface area contributed by atoms with Crippen molar-refractivity contribution in [2.75, 3.05) is 53.4 Å². The first-order valence-corrected chi connectivity index (χ1v) is 7.38. The molecule has 2 fully saturated rings. The highest BCUT2D eigenvalue weighted by atomic mass is 16.5. The predicted octanol–water partition coefficient (Wildman–Crippen LogP) is 0.637. The third-order valence-corrected chi connectivity index (χ3v) is 4.57. The second kappa shape index (κ2) is 6.85. The second-order valence-electron chi connectivity index (χ2n) is 6.04. The third kappa shape index (κ3) is 3.92. The smallest absolute Gasteiger partial charge is 0.0852 e. The molecule has 106 valence electrons. The van der Waals surface area contributed by atoms with Gasteiger partial charge in [-0.2, -0.15) is 0 Å². The monoisotopic (exact) mass is 255 g/mol. The Hall–Kier alpha value is -0.160. The molecule has 2 unspecified atom stereocenters. The highest BCUT2D eigenvalue weighted by Gasteiger charge is 2.26. The molecule has 2 aliphatic rings. The van der Waals surface area contributed by atoms with Gasteiger partial charge in [-0.1, -0.05) is 0 Å². The largest absolute Gasteiger partial charge is 0.374 e. The van der Waals surface area contributed by atoms with Crippen molar-refractivity contribution in [1.82, 2.24) is 15.1 Å². The van der Waals surface area contributed by atoms with Crippen molar-refractivity contribution in [1.29, 1.82) is 0 Å². The predicted molar refractivity (Wildman–Crippen MR) is 74.9 cm³/mol. The van der Waals surface area contributed by atoms with E-state index in [-0.39, 0.29) is 0 Å². The number of hydrogen-bond donors (Lipinski definition) is 1. The molecule has 4 heteroatoms. The molecule has 0 bridgehead atoms. The number of ether oxygens (including phenoxy) is 1. The van der Waals surface area contributed by atoms with Crippen molar-refractivity contribution in [3.63, 3.8) is 0 Å². The highest BCUT2D eigenvalue weighted by Crippen LogP contribution is 2.19. The van der Waals surface area contributed by atoms with Gasteiger partial charge in [0, 0.05) is 25.7 Å². The summed E-state index contributed by atoms with van der Waals surface area (Å²) in [5.41, 5.74) is 0. The summed E-state index contributed by atoms with van der Waals surface area (Å²) in [4.78, 5) is 4.93. The van der Waals surface area contributed by atoms with Crippen molar-refractivity contribution in [2.45, 2.75) is 31.9 Å². The summed E-state index contributed by atoms with van der Waals surface area (Å²) in [6.07, 6.45) is 3.05. The zero-order valence-corrected chi connectivity index (χ0v) is 12.2. The van der Waals surface area contributed by atoms with Gasteiger partial charge < -0.3 is 19.9 Å². The lowest BCUT2D eigenvalue weighted by molar-refractivity contribution is -0.0245. The van der Waals surface area contributed by atoms with Crippen LogP contribution in [0.4, 0.5) is 0 Å². The van der Waals surface area contributed by atoms with Crippen LogP contribution in [0.1, 0.15) is 19.8 Å². The van der Waals surface area contributed by atoms with E-state index in [4.69, 9.17) is 4.74 Å². The average Bonchev–Trinajstić information content (AvgIpc) is 2.41. The fourth-order valence-electron chi connectivity index (χ4n) is 3.00. The number of nitrogens with zero attached hydrogens (tertiary/aromatic N) is 2. The first-order chi connectivity index (χ1) is 8.66. The molecule has 0 aromatic rings. The minimum atomic E-state index is 0.356. The second-order valence-corrected chi connectivity index (χ2v) is 6.04. The summed E-state index contributed by atoms with van der Waals surface area (Å²) in [7, 11) is 4.48. The van der Waals surface area contributed by atoms with Crippen LogP contribution in [0.15, 0.2) is 0 Å². The molecule has 2 aliphatic heterocycles. The molecule has 2 rings (SSSR count). The summed E-state index contributed by atoms with van der Waals surface area (Å²) in [6.45, 7) is 8.89. The minimum Gasteiger partial charge on any atom is -0.374 e. The minimum absolute atomic E-state index is 0.356. The van der Waals surface area contributed by atoms with E-state index in [1.165, 1.54) is 32.5 Å². The molecule has 4 nitrogen and oxygen atoms in total. The fourth-order valence-corrected chi connectivity index (χ4v) is 3.00. The van der Waals surface area contributed by atoms with Crippen molar-refractivity contribution < 1.29 is 4.74 Å². The van der Waals surface area contributed by atoms with Crippen LogP contribution in [-0.2, 0) is 4.74 Å². The van der Waals surface area contributed by atoms with Gasteiger partial charge in [0.15, 0.2) is 0 Å². The topological polar surface area (TPSA) is 27.7 Å². The van der Waals surface area contributed by atoms with Gasteiger partial charge >= 0.3 is 0 Å². The van der Waals surface area contributed by atoms with E-state index in [1.54, 1.807) is 0 Å². The Kier molecular flexibility index (Phi) is 5.42. The summed E-state index contributed by atoms with van der Waals surface area (Å²) >= 11 is 0. The zero-order valence-electron chi connectivity index (χ0n) is 12.2. The quantitative estimate of drug-likeness (QED) is 0.798. The van der Waals surface area contributed by atoms with Gasteiger partial charge in [-0.3, -0.25) is 0 Å². The maximum atomic E-state index is 5.85. The van der Waals surface area contributed by atoms with Gasteiger partial charge in [0.1, 0.15) is 0 Å². The Morgan fingerprint density at radius 1 is 1.39 bits per heavy atom. The molecular formula is C14H29N3O. The molecule has 0 aromatic heterocycles. The number of nitrogens with one attached hydrogen (secondary N) is 1. The van der Waals surface area contributed by atoms with E-state index in [2.05, 4.69) is 36.1 Å². The van der Waals surface area contributed by atoms with Crippen molar-refractivity contribution >= 4 is 0 Å². The van der Waals surface area contributed by atoms with E-state index in [1.807, 2.05) is 0 Å². The number of rotatable bonds is 4. The standard InChI is InChI=1S/C14H29N3O/c1-12(14-10-15-6-9-18-14)17(3)11-13-4-7-16(2)8-5-13/h12-15H,4-11H2,1-3H3. The van der Waals surface area contributed by atoms with Gasteiger partial charge in [-0.05, 0) is 52.9 Å². The van der Waals surface area contributed by atoms with E-state index in [0.717, 1.165) is 25.6 Å². The van der Waals surface area contributed by atoms with Crippen molar-refractivity contribution in [3.8, 4) is 0 Å². The van der Waals surface area contributed by atoms with Crippen LogP contribution < -0.4 is 5.32 Å². The molecule has 0 aromatic carbocycles. The molecule has 0 amide bonds. The van der Waals surface area contributed by atoms with E-state index < -0.39 is 0 Å². The number of hydrogen-bond acceptors (Lipinski definition) is 4. The van der Waals surface area contributed by atoms with Crippen LogP contribution in [0.25, 0.3) is 0 Å². The lowest BCUT2D eigenvalue weighted by atomic mass is 9.96. The fraction of sp³-hybridized carbons (Fsp3) is 1.00. The molecule has 0 radical (unpaired) electrons. The van der Waals surface area contributed by atoms with Gasteiger partial charge in [0.2, 0.25) is 0 Å². The first kappa shape index (κ1) is 14.3. The summed E-state index contributed by atoms with van der Waals surface area (Å²) in [5, 5.41) is 3.42. The molecule has 0 saturated carbocycles. The summed E-state index contributed by atoms with van der Waals surface area (Å²) in [6, 6.07) is 0.512. The lowest BCUT2D eigenvalue weighted by Crippen LogP contribution is -2.51.